The number of hydrogen-bond acceptors (Lipinski definition) is 4. The molecule has 1 heterocycles. The van der Waals surface area contributed by atoms with Crippen LogP contribution in [0.1, 0.15) is 49.9 Å². The van der Waals surface area contributed by atoms with Gasteiger partial charge in [0.25, 0.3) is 0 Å². The molecule has 0 saturated heterocycles. The molecule has 180 valence electrons. The lowest BCUT2D eigenvalue weighted by Crippen LogP contribution is -2.49. The second kappa shape index (κ2) is 8.01. The lowest BCUT2D eigenvalue weighted by Gasteiger charge is -2.40. The largest absolute Gasteiger partial charge is 0.427 e. The topological polar surface area (TPSA) is 55.5 Å². The number of anilines is 1. The van der Waals surface area contributed by atoms with Crippen LogP contribution in [0.25, 0.3) is 11.1 Å². The van der Waals surface area contributed by atoms with Crippen molar-refractivity contribution < 1.29 is 9.76 Å². The van der Waals surface area contributed by atoms with Crippen LogP contribution in [0.5, 0.6) is 0 Å². The summed E-state index contributed by atoms with van der Waals surface area (Å²) < 4.78 is 6.27. The molecule has 0 aromatic heterocycles. The van der Waals surface area contributed by atoms with Gasteiger partial charge in [-0.05, 0) is 85.3 Å². The first-order valence-corrected chi connectivity index (χ1v) is 13.2. The van der Waals surface area contributed by atoms with Gasteiger partial charge >= 0.3 is 7.48 Å². The van der Waals surface area contributed by atoms with E-state index in [1.165, 1.54) is 43.2 Å². The third-order valence-corrected chi connectivity index (χ3v) is 9.25. The van der Waals surface area contributed by atoms with Gasteiger partial charge in [0.05, 0.1) is 16.6 Å². The summed E-state index contributed by atoms with van der Waals surface area (Å²) in [6, 6.07) is 30.5. The van der Waals surface area contributed by atoms with E-state index in [0.29, 0.717) is 7.48 Å². The fourth-order valence-corrected chi connectivity index (χ4v) is 6.65. The molecular formula is C31H30BNO2S. The van der Waals surface area contributed by atoms with E-state index in [-0.39, 0.29) is 0 Å². The van der Waals surface area contributed by atoms with Crippen LogP contribution in [0.4, 0.5) is 5.69 Å². The summed E-state index contributed by atoms with van der Waals surface area (Å²) in [5, 5.41) is 10.6. The van der Waals surface area contributed by atoms with E-state index in [0.717, 1.165) is 11.2 Å². The fourth-order valence-electron chi connectivity index (χ4n) is 5.50. The number of benzene rings is 4. The molecule has 0 saturated carbocycles. The zero-order valence-corrected chi connectivity index (χ0v) is 21.9. The number of hydrogen-bond donors (Lipinski definition) is 2. The molecule has 36 heavy (non-hydrogen) atoms. The third-order valence-electron chi connectivity index (χ3n) is 8.10. The Morgan fingerprint density at radius 3 is 1.92 bits per heavy atom. The van der Waals surface area contributed by atoms with E-state index in [2.05, 4.69) is 78.9 Å². The van der Waals surface area contributed by atoms with Crippen LogP contribution >= 0.6 is 11.8 Å². The molecule has 5 heteroatoms. The molecule has 1 aliphatic heterocycles. The van der Waals surface area contributed by atoms with Crippen LogP contribution in [-0.2, 0) is 10.1 Å². The SMILES string of the molecule is CC(C)(O)C(C)(C)OBc1ccc2c(c1)C1(c3cc(N)ccc3S2)c2ccccc2-c2ccccc21. The molecule has 6 rings (SSSR count). The van der Waals surface area contributed by atoms with Crippen molar-refractivity contribution in [2.24, 2.45) is 0 Å². The monoisotopic (exact) mass is 491 g/mol. The molecule has 0 fully saturated rings. The Balaban J connectivity index is 1.60. The minimum absolute atomic E-state index is 0.415. The molecule has 0 atom stereocenters. The van der Waals surface area contributed by atoms with Gasteiger partial charge in [0, 0.05) is 15.5 Å². The van der Waals surface area contributed by atoms with Gasteiger partial charge in [-0.1, -0.05) is 77.9 Å². The normalized spacial score (nSPS) is 15.1. The molecule has 0 amide bonds. The highest BCUT2D eigenvalue weighted by atomic mass is 32.2. The number of nitrogens with two attached hydrogens (primary N) is 1. The zero-order valence-electron chi connectivity index (χ0n) is 21.1. The zero-order chi connectivity index (χ0) is 25.3. The van der Waals surface area contributed by atoms with E-state index in [4.69, 9.17) is 10.4 Å². The van der Waals surface area contributed by atoms with Crippen LogP contribution in [0, 0.1) is 0 Å². The first kappa shape index (κ1) is 23.4. The standard InChI is InChI=1S/C31H30BNO2S/c1-29(2,34)30(3,4)35-32-19-13-15-27-25(17-19)31(26-18-20(33)14-16-28(26)36-27)23-11-7-5-9-21(23)22-10-6-8-12-24(22)31/h5-18,32,34H,33H2,1-4H3. The maximum Gasteiger partial charge on any atom is 0.309 e. The Morgan fingerprint density at radius 1 is 0.750 bits per heavy atom. The predicted octanol–water partition coefficient (Wildman–Crippen LogP) is 5.64. The van der Waals surface area contributed by atoms with Gasteiger partial charge in [-0.3, -0.25) is 0 Å². The van der Waals surface area contributed by atoms with E-state index in [9.17, 15) is 5.11 Å². The highest BCUT2D eigenvalue weighted by molar-refractivity contribution is 7.99. The fraction of sp³-hybridized carbons (Fsp3) is 0.226. The molecule has 3 N–H and O–H groups in total. The highest BCUT2D eigenvalue weighted by Crippen LogP contribution is 2.62. The first-order chi connectivity index (χ1) is 17.1. The third kappa shape index (κ3) is 3.30. The van der Waals surface area contributed by atoms with Crippen LogP contribution in [-0.4, -0.2) is 23.8 Å². The van der Waals surface area contributed by atoms with Crippen LogP contribution in [0.3, 0.4) is 0 Å². The molecule has 2 aliphatic rings. The molecule has 0 unspecified atom stereocenters. The van der Waals surface area contributed by atoms with E-state index >= 15 is 0 Å². The molecule has 3 nitrogen and oxygen atoms in total. The lowest BCUT2D eigenvalue weighted by molar-refractivity contribution is -0.0893. The van der Waals surface area contributed by atoms with Crippen molar-refractivity contribution >= 4 is 30.4 Å². The lowest BCUT2D eigenvalue weighted by atomic mass is 9.66. The van der Waals surface area contributed by atoms with Gasteiger partial charge in [-0.25, -0.2) is 0 Å². The van der Waals surface area contributed by atoms with Crippen LogP contribution in [0.2, 0.25) is 0 Å². The maximum atomic E-state index is 10.6. The highest BCUT2D eigenvalue weighted by Gasteiger charge is 2.50. The second-order valence-electron chi connectivity index (χ2n) is 10.9. The molecule has 4 aromatic rings. The summed E-state index contributed by atoms with van der Waals surface area (Å²) in [6.45, 7) is 7.45. The van der Waals surface area contributed by atoms with Gasteiger partial charge in [0.15, 0.2) is 0 Å². The molecule has 4 aromatic carbocycles. The Bertz CT molecular complexity index is 1460. The molecular weight excluding hydrogens is 461 g/mol. The van der Waals surface area contributed by atoms with Crippen molar-refractivity contribution in [3.05, 3.63) is 107 Å². The van der Waals surface area contributed by atoms with Crippen molar-refractivity contribution in [3.8, 4) is 11.1 Å². The average Bonchev–Trinajstić information content (AvgIpc) is 3.14. The molecule has 0 bridgehead atoms. The van der Waals surface area contributed by atoms with Gasteiger partial charge in [-0.15, -0.1) is 0 Å². The van der Waals surface area contributed by atoms with E-state index < -0.39 is 16.6 Å². The minimum Gasteiger partial charge on any atom is -0.427 e. The Hall–Kier alpha value is -2.99. The van der Waals surface area contributed by atoms with Gasteiger partial charge in [0.1, 0.15) is 0 Å². The van der Waals surface area contributed by atoms with Crippen LogP contribution < -0.4 is 11.2 Å². The number of nitrogen functional groups attached to an aromatic ring is 1. The number of fused-ring (bicyclic) bond motifs is 9. The van der Waals surface area contributed by atoms with Crippen LogP contribution in [0.15, 0.2) is 94.7 Å². The maximum absolute atomic E-state index is 10.6. The Morgan fingerprint density at radius 2 is 1.31 bits per heavy atom. The van der Waals surface area contributed by atoms with E-state index in [1.807, 2.05) is 19.9 Å². The van der Waals surface area contributed by atoms with E-state index in [1.54, 1.807) is 25.6 Å². The Labute approximate surface area is 218 Å². The number of aliphatic hydroxyl groups is 1. The quantitative estimate of drug-likeness (QED) is 0.248. The summed E-state index contributed by atoms with van der Waals surface area (Å²) in [5.41, 5.74) is 13.7. The molecule has 0 radical (unpaired) electrons. The van der Waals surface area contributed by atoms with Crippen molar-refractivity contribution in [1.82, 2.24) is 0 Å². The summed E-state index contributed by atoms with van der Waals surface area (Å²) in [4.78, 5) is 2.47. The van der Waals surface area contributed by atoms with Gasteiger partial charge < -0.3 is 15.5 Å². The van der Waals surface area contributed by atoms with Gasteiger partial charge in [-0.2, -0.15) is 0 Å². The summed E-state index contributed by atoms with van der Waals surface area (Å²) >= 11 is 1.80. The second-order valence-corrected chi connectivity index (χ2v) is 12.0. The smallest absolute Gasteiger partial charge is 0.309 e. The Kier molecular flexibility index (Phi) is 5.21. The van der Waals surface area contributed by atoms with Crippen molar-refractivity contribution in [2.45, 2.75) is 54.1 Å². The van der Waals surface area contributed by atoms with Crippen molar-refractivity contribution in [3.63, 3.8) is 0 Å². The number of rotatable bonds is 4. The first-order valence-electron chi connectivity index (χ1n) is 12.4. The van der Waals surface area contributed by atoms with Crippen molar-refractivity contribution in [1.29, 1.82) is 0 Å². The van der Waals surface area contributed by atoms with Gasteiger partial charge in [0.2, 0.25) is 0 Å². The van der Waals surface area contributed by atoms with Crippen molar-refractivity contribution in [2.75, 3.05) is 5.73 Å². The predicted molar refractivity (Wildman–Crippen MR) is 151 cm³/mol. The summed E-state index contributed by atoms with van der Waals surface area (Å²) in [6.07, 6.45) is 0. The summed E-state index contributed by atoms with van der Waals surface area (Å²) in [7, 11) is 0.415. The average molecular weight is 491 g/mol. The summed E-state index contributed by atoms with van der Waals surface area (Å²) in [5.74, 6) is 0. The molecule has 1 spiro atoms. The molecule has 1 aliphatic carbocycles. The minimum atomic E-state index is -0.960.